The van der Waals surface area contributed by atoms with Crippen LogP contribution in [-0.4, -0.2) is 42.1 Å². The fourth-order valence-electron chi connectivity index (χ4n) is 2.28. The van der Waals surface area contributed by atoms with Crippen molar-refractivity contribution in [3.63, 3.8) is 0 Å². The number of thiazole rings is 2. The molecule has 27 heavy (non-hydrogen) atoms. The van der Waals surface area contributed by atoms with Gasteiger partial charge < -0.3 is 15.4 Å². The minimum Gasteiger partial charge on any atom is -0.462 e. The molecule has 0 aromatic carbocycles. The molecule has 1 atom stereocenters. The molecule has 0 aliphatic carbocycles. The molecule has 2 aromatic rings. The van der Waals surface area contributed by atoms with Crippen LogP contribution in [0.25, 0.3) is 0 Å². The van der Waals surface area contributed by atoms with Gasteiger partial charge in [0.15, 0.2) is 5.96 Å². The van der Waals surface area contributed by atoms with E-state index in [1.165, 1.54) is 11.3 Å². The van der Waals surface area contributed by atoms with E-state index < -0.39 is 0 Å². The Morgan fingerprint density at radius 3 is 2.70 bits per heavy atom. The summed E-state index contributed by atoms with van der Waals surface area (Å²) in [7, 11) is 1.73. The zero-order valence-electron chi connectivity index (χ0n) is 16.2. The van der Waals surface area contributed by atoms with Crippen LogP contribution in [0.3, 0.4) is 0 Å². The molecule has 0 fully saturated rings. The molecule has 2 aromatic heterocycles. The van der Waals surface area contributed by atoms with Crippen LogP contribution in [0.2, 0.25) is 0 Å². The van der Waals surface area contributed by atoms with E-state index in [2.05, 4.69) is 31.0 Å². The van der Waals surface area contributed by atoms with E-state index in [1.54, 1.807) is 25.3 Å². The topological polar surface area (TPSA) is 88.5 Å². The van der Waals surface area contributed by atoms with Crippen molar-refractivity contribution < 1.29 is 9.53 Å². The number of carbonyl (C=O) groups is 1. The van der Waals surface area contributed by atoms with Crippen LogP contribution < -0.4 is 10.6 Å². The van der Waals surface area contributed by atoms with Gasteiger partial charge in [0, 0.05) is 25.4 Å². The lowest BCUT2D eigenvalue weighted by Crippen LogP contribution is -2.39. The lowest BCUT2D eigenvalue weighted by Gasteiger charge is -2.16. The number of carbonyl (C=O) groups excluding carboxylic acids is 1. The molecular formula is C17H26IN5O2S2. The van der Waals surface area contributed by atoms with Gasteiger partial charge in [-0.3, -0.25) is 4.99 Å². The second-order valence-corrected chi connectivity index (χ2v) is 7.75. The lowest BCUT2D eigenvalue weighted by molar-refractivity contribution is 0.0531. The molecule has 0 spiro atoms. The monoisotopic (exact) mass is 523 g/mol. The number of esters is 1. The SMILES string of the molecule is CCOC(=O)c1sc(C(C)NC(=NC)NCCc2csc(C)n2)nc1C.I. The van der Waals surface area contributed by atoms with Crippen LogP contribution in [0, 0.1) is 13.8 Å². The number of nitrogens with zero attached hydrogens (tertiary/aromatic N) is 3. The van der Waals surface area contributed by atoms with Crippen LogP contribution in [0.15, 0.2) is 10.4 Å². The van der Waals surface area contributed by atoms with Gasteiger partial charge >= 0.3 is 5.97 Å². The number of rotatable bonds is 7. The summed E-state index contributed by atoms with van der Waals surface area (Å²) in [5.74, 6) is 0.372. The van der Waals surface area contributed by atoms with Gasteiger partial charge in [0.25, 0.3) is 0 Å². The van der Waals surface area contributed by atoms with E-state index in [0.717, 1.165) is 28.7 Å². The molecule has 0 amide bonds. The number of ether oxygens (including phenoxy) is 1. The third kappa shape index (κ3) is 7.00. The first kappa shape index (κ1) is 23.8. The fourth-order valence-corrected chi connectivity index (χ4v) is 3.89. The van der Waals surface area contributed by atoms with E-state index in [1.807, 2.05) is 20.8 Å². The third-order valence-corrected chi connectivity index (χ3v) is 5.70. The van der Waals surface area contributed by atoms with Crippen molar-refractivity contribution in [1.82, 2.24) is 20.6 Å². The number of aromatic nitrogens is 2. The highest BCUT2D eigenvalue weighted by atomic mass is 127. The van der Waals surface area contributed by atoms with Crippen LogP contribution in [0.5, 0.6) is 0 Å². The normalized spacial score (nSPS) is 12.3. The molecule has 150 valence electrons. The van der Waals surface area contributed by atoms with Gasteiger partial charge in [0.1, 0.15) is 9.88 Å². The highest BCUT2D eigenvalue weighted by Gasteiger charge is 2.20. The Labute approximate surface area is 185 Å². The maximum absolute atomic E-state index is 11.9. The molecule has 0 radical (unpaired) electrons. The smallest absolute Gasteiger partial charge is 0.350 e. The Kier molecular flexibility index (Phi) is 10.2. The average molecular weight is 523 g/mol. The van der Waals surface area contributed by atoms with Crippen LogP contribution >= 0.6 is 46.7 Å². The van der Waals surface area contributed by atoms with Gasteiger partial charge in [-0.25, -0.2) is 14.8 Å². The fraction of sp³-hybridized carbons (Fsp3) is 0.529. The number of guanidine groups is 1. The molecule has 0 aliphatic heterocycles. The standard InChI is InChI=1S/C17H25N5O2S2.HI/c1-6-24-16(23)14-10(2)20-15(26-14)11(3)21-17(18-5)19-8-7-13-9-25-12(4)22-13;/h9,11H,6-8H2,1-5H3,(H2,18,19,21);1H. The maximum Gasteiger partial charge on any atom is 0.350 e. The van der Waals surface area contributed by atoms with Crippen molar-refractivity contribution in [2.24, 2.45) is 4.99 Å². The molecule has 0 saturated heterocycles. The zero-order valence-corrected chi connectivity index (χ0v) is 20.1. The van der Waals surface area contributed by atoms with Crippen LogP contribution in [0.1, 0.15) is 51.0 Å². The zero-order chi connectivity index (χ0) is 19.1. The van der Waals surface area contributed by atoms with Gasteiger partial charge in [-0.1, -0.05) is 0 Å². The van der Waals surface area contributed by atoms with Gasteiger partial charge in [-0.2, -0.15) is 0 Å². The molecule has 2 heterocycles. The quantitative estimate of drug-likeness (QED) is 0.250. The van der Waals surface area contributed by atoms with Gasteiger partial charge in [-0.15, -0.1) is 46.7 Å². The second kappa shape index (κ2) is 11.5. The number of hydrogen-bond donors (Lipinski definition) is 2. The first-order valence-corrected chi connectivity index (χ1v) is 10.2. The Hall–Kier alpha value is -1.27. The number of aliphatic imine (C=N–C) groups is 1. The van der Waals surface area contributed by atoms with Crippen molar-refractivity contribution in [2.75, 3.05) is 20.2 Å². The number of hydrogen-bond acceptors (Lipinski definition) is 7. The van der Waals surface area contributed by atoms with E-state index in [9.17, 15) is 4.79 Å². The van der Waals surface area contributed by atoms with E-state index in [0.29, 0.717) is 23.1 Å². The Balaban J connectivity index is 0.00000364. The molecule has 0 saturated carbocycles. The van der Waals surface area contributed by atoms with Crippen molar-refractivity contribution in [3.8, 4) is 0 Å². The van der Waals surface area contributed by atoms with Crippen molar-refractivity contribution in [2.45, 2.75) is 40.2 Å². The predicted molar refractivity (Wildman–Crippen MR) is 122 cm³/mol. The second-order valence-electron chi connectivity index (χ2n) is 5.66. The maximum atomic E-state index is 11.9. The summed E-state index contributed by atoms with van der Waals surface area (Å²) in [6.45, 7) is 8.70. The molecule has 0 aliphatic rings. The summed E-state index contributed by atoms with van der Waals surface area (Å²) in [6.07, 6.45) is 0.836. The molecule has 1 unspecified atom stereocenters. The van der Waals surface area contributed by atoms with Gasteiger partial charge in [-0.05, 0) is 27.7 Å². The first-order chi connectivity index (χ1) is 12.4. The summed E-state index contributed by atoms with van der Waals surface area (Å²) >= 11 is 3.01. The Morgan fingerprint density at radius 2 is 2.11 bits per heavy atom. The number of aryl methyl sites for hydroxylation is 2. The first-order valence-electron chi connectivity index (χ1n) is 8.47. The van der Waals surface area contributed by atoms with E-state index in [4.69, 9.17) is 4.74 Å². The van der Waals surface area contributed by atoms with E-state index >= 15 is 0 Å². The molecule has 10 heteroatoms. The summed E-state index contributed by atoms with van der Waals surface area (Å²) in [5.41, 5.74) is 1.78. The van der Waals surface area contributed by atoms with Gasteiger partial charge in [0.05, 0.1) is 29.0 Å². The third-order valence-electron chi connectivity index (χ3n) is 3.56. The molecular weight excluding hydrogens is 497 g/mol. The van der Waals surface area contributed by atoms with Crippen molar-refractivity contribution in [1.29, 1.82) is 0 Å². The lowest BCUT2D eigenvalue weighted by atomic mass is 10.3. The van der Waals surface area contributed by atoms with E-state index in [-0.39, 0.29) is 36.0 Å². The Morgan fingerprint density at radius 1 is 1.37 bits per heavy atom. The summed E-state index contributed by atoms with van der Waals surface area (Å²) in [4.78, 5) is 25.7. The van der Waals surface area contributed by atoms with Crippen LogP contribution in [0.4, 0.5) is 0 Å². The highest BCUT2D eigenvalue weighted by Crippen LogP contribution is 2.24. The van der Waals surface area contributed by atoms with Crippen molar-refractivity contribution in [3.05, 3.63) is 31.7 Å². The minimum atomic E-state index is -0.318. The largest absolute Gasteiger partial charge is 0.462 e. The van der Waals surface area contributed by atoms with Crippen molar-refractivity contribution >= 4 is 58.6 Å². The number of halogens is 1. The number of nitrogens with one attached hydrogen (secondary N) is 2. The highest BCUT2D eigenvalue weighted by molar-refractivity contribution is 14.0. The van der Waals surface area contributed by atoms with Crippen LogP contribution in [-0.2, 0) is 11.2 Å². The molecule has 7 nitrogen and oxygen atoms in total. The molecule has 0 bridgehead atoms. The summed E-state index contributed by atoms with van der Waals surface area (Å²) < 4.78 is 5.07. The molecule has 2 rings (SSSR count). The summed E-state index contributed by atoms with van der Waals surface area (Å²) in [6, 6.07) is -0.0745. The molecule has 2 N–H and O–H groups in total. The summed E-state index contributed by atoms with van der Waals surface area (Å²) in [5, 5.41) is 10.6. The average Bonchev–Trinajstić information content (AvgIpc) is 3.19. The Bertz CT molecular complexity index is 775. The predicted octanol–water partition coefficient (Wildman–Crippen LogP) is 3.48. The minimum absolute atomic E-state index is 0. The van der Waals surface area contributed by atoms with Gasteiger partial charge in [0.2, 0.25) is 0 Å².